The summed E-state index contributed by atoms with van der Waals surface area (Å²) in [5, 5.41) is 12.4. The molecule has 0 unspecified atom stereocenters. The smallest absolute Gasteiger partial charge is 0.143 e. The summed E-state index contributed by atoms with van der Waals surface area (Å²) in [7, 11) is 1.70. The molecule has 0 saturated carbocycles. The number of methoxy groups -OCH3 is 1. The molecule has 0 spiro atoms. The molecule has 0 amide bonds. The van der Waals surface area contributed by atoms with Gasteiger partial charge in [-0.05, 0) is 47.5 Å². The zero-order valence-corrected chi connectivity index (χ0v) is 19.1. The van der Waals surface area contributed by atoms with Crippen LogP contribution in [0.25, 0.3) is 49.7 Å². The molecule has 4 heteroatoms. The highest BCUT2D eigenvalue weighted by molar-refractivity contribution is 6.11. The Bertz CT molecular complexity index is 1730. The second kappa shape index (κ2) is 8.48. The zero-order chi connectivity index (χ0) is 23.8. The lowest BCUT2D eigenvalue weighted by atomic mass is 9.93. The third kappa shape index (κ3) is 3.34. The summed E-state index contributed by atoms with van der Waals surface area (Å²) in [6, 6.07) is 35.2. The number of rotatable bonds is 4. The molecule has 6 aromatic rings. The van der Waals surface area contributed by atoms with Crippen LogP contribution in [0.1, 0.15) is 5.56 Å². The van der Waals surface area contributed by atoms with Crippen LogP contribution in [-0.4, -0.2) is 16.7 Å². The topological polar surface area (TPSA) is 50.8 Å². The van der Waals surface area contributed by atoms with Crippen LogP contribution in [0, 0.1) is 11.3 Å². The van der Waals surface area contributed by atoms with E-state index < -0.39 is 0 Å². The van der Waals surface area contributed by atoms with Crippen LogP contribution < -0.4 is 4.74 Å². The monoisotopic (exact) mass is 451 g/mol. The fraction of sp³-hybridized carbons (Fsp3) is 0.0323. The van der Waals surface area contributed by atoms with Gasteiger partial charge in [-0.15, -0.1) is 0 Å². The SMILES string of the molecule is COc1cccc2c3ccccc3n(-c3cc(C#N)c(-c4ccncc4)cc3-c3ccccc3)c12. The lowest BCUT2D eigenvalue weighted by Crippen LogP contribution is -2.01. The van der Waals surface area contributed by atoms with E-state index in [1.165, 1.54) is 0 Å². The Morgan fingerprint density at radius 2 is 1.46 bits per heavy atom. The third-order valence-electron chi connectivity index (χ3n) is 6.45. The highest BCUT2D eigenvalue weighted by atomic mass is 16.5. The number of fused-ring (bicyclic) bond motifs is 3. The fourth-order valence-electron chi connectivity index (χ4n) is 4.89. The molecule has 0 bridgehead atoms. The standard InChI is InChI=1S/C31H21N3O/c1-35-30-13-7-11-25-24-10-5-6-12-28(24)34(31(25)30)29-18-23(20-32)26(22-14-16-33-17-15-22)19-27(29)21-8-3-2-4-9-21/h2-19H,1H3. The average Bonchev–Trinajstić information content (AvgIpc) is 3.28. The normalized spacial score (nSPS) is 11.0. The number of hydrogen-bond acceptors (Lipinski definition) is 3. The molecule has 6 rings (SSSR count). The van der Waals surface area contributed by atoms with Crippen molar-refractivity contribution in [2.24, 2.45) is 0 Å². The van der Waals surface area contributed by atoms with E-state index in [4.69, 9.17) is 4.74 Å². The van der Waals surface area contributed by atoms with Gasteiger partial charge in [-0.25, -0.2) is 0 Å². The first-order valence-electron chi connectivity index (χ1n) is 11.4. The average molecular weight is 452 g/mol. The number of pyridine rings is 1. The van der Waals surface area contributed by atoms with Gasteiger partial charge in [0.25, 0.3) is 0 Å². The molecule has 0 fully saturated rings. The molecule has 0 saturated heterocycles. The maximum Gasteiger partial charge on any atom is 0.143 e. The van der Waals surface area contributed by atoms with Gasteiger partial charge in [-0.1, -0.05) is 60.7 Å². The van der Waals surface area contributed by atoms with E-state index in [0.29, 0.717) is 5.56 Å². The van der Waals surface area contributed by atoms with Crippen molar-refractivity contribution in [2.45, 2.75) is 0 Å². The maximum absolute atomic E-state index is 10.2. The van der Waals surface area contributed by atoms with Gasteiger partial charge in [-0.2, -0.15) is 5.26 Å². The van der Waals surface area contributed by atoms with E-state index in [1.807, 2.05) is 54.6 Å². The van der Waals surface area contributed by atoms with Crippen molar-refractivity contribution in [3.63, 3.8) is 0 Å². The van der Waals surface area contributed by atoms with Gasteiger partial charge in [0, 0.05) is 34.3 Å². The largest absolute Gasteiger partial charge is 0.495 e. The summed E-state index contributed by atoms with van der Waals surface area (Å²) in [6.45, 7) is 0. The van der Waals surface area contributed by atoms with Crippen LogP contribution in [0.4, 0.5) is 0 Å². The Hall–Kier alpha value is -4.88. The van der Waals surface area contributed by atoms with Crippen molar-refractivity contribution in [1.82, 2.24) is 9.55 Å². The maximum atomic E-state index is 10.2. The minimum Gasteiger partial charge on any atom is -0.495 e. The Morgan fingerprint density at radius 3 is 2.23 bits per heavy atom. The lowest BCUT2D eigenvalue weighted by molar-refractivity contribution is 0.418. The lowest BCUT2D eigenvalue weighted by Gasteiger charge is -2.18. The van der Waals surface area contributed by atoms with E-state index in [1.54, 1.807) is 19.5 Å². The van der Waals surface area contributed by atoms with Crippen LogP contribution in [0.5, 0.6) is 5.75 Å². The highest BCUT2D eigenvalue weighted by Gasteiger charge is 2.20. The summed E-state index contributed by atoms with van der Waals surface area (Å²) in [6.07, 6.45) is 3.51. The van der Waals surface area contributed by atoms with Gasteiger partial charge in [0.15, 0.2) is 0 Å². The number of para-hydroxylation sites is 2. The Labute approximate surface area is 203 Å². The van der Waals surface area contributed by atoms with Crippen LogP contribution in [0.2, 0.25) is 0 Å². The number of nitriles is 1. The Kier molecular flexibility index (Phi) is 5.02. The molecule has 4 aromatic carbocycles. The van der Waals surface area contributed by atoms with E-state index in [0.717, 1.165) is 55.5 Å². The molecular formula is C31H21N3O. The molecular weight excluding hydrogens is 430 g/mol. The first-order valence-corrected chi connectivity index (χ1v) is 11.4. The first-order chi connectivity index (χ1) is 17.3. The van der Waals surface area contributed by atoms with Crippen molar-refractivity contribution >= 4 is 21.8 Å². The second-order valence-corrected chi connectivity index (χ2v) is 8.34. The summed E-state index contributed by atoms with van der Waals surface area (Å²) in [4.78, 5) is 4.15. The second-order valence-electron chi connectivity index (χ2n) is 8.34. The summed E-state index contributed by atoms with van der Waals surface area (Å²) in [5.74, 6) is 0.787. The molecule has 35 heavy (non-hydrogen) atoms. The molecule has 0 aliphatic heterocycles. The van der Waals surface area contributed by atoms with Crippen molar-refractivity contribution in [3.8, 4) is 39.8 Å². The number of aromatic nitrogens is 2. The molecule has 2 heterocycles. The van der Waals surface area contributed by atoms with E-state index in [-0.39, 0.29) is 0 Å². The number of nitrogens with zero attached hydrogens (tertiary/aromatic N) is 3. The summed E-state index contributed by atoms with van der Waals surface area (Å²) in [5.41, 5.74) is 7.52. The number of ether oxygens (including phenoxy) is 1. The minimum atomic E-state index is 0.603. The molecule has 0 atom stereocenters. The molecule has 4 nitrogen and oxygen atoms in total. The van der Waals surface area contributed by atoms with E-state index in [9.17, 15) is 5.26 Å². The Balaban J connectivity index is 1.79. The molecule has 0 N–H and O–H groups in total. The van der Waals surface area contributed by atoms with E-state index in [2.05, 4.69) is 58.1 Å². The number of benzene rings is 4. The van der Waals surface area contributed by atoms with E-state index >= 15 is 0 Å². The van der Waals surface area contributed by atoms with Crippen LogP contribution >= 0.6 is 0 Å². The van der Waals surface area contributed by atoms with Gasteiger partial charge in [0.05, 0.1) is 35.5 Å². The van der Waals surface area contributed by atoms with Gasteiger partial charge >= 0.3 is 0 Å². The van der Waals surface area contributed by atoms with Crippen molar-refractivity contribution in [3.05, 3.63) is 115 Å². The van der Waals surface area contributed by atoms with Gasteiger partial charge < -0.3 is 9.30 Å². The first kappa shape index (κ1) is 20.7. The van der Waals surface area contributed by atoms with Crippen LogP contribution in [0.3, 0.4) is 0 Å². The third-order valence-corrected chi connectivity index (χ3v) is 6.45. The van der Waals surface area contributed by atoms with Crippen molar-refractivity contribution < 1.29 is 4.74 Å². The van der Waals surface area contributed by atoms with Crippen LogP contribution in [-0.2, 0) is 0 Å². The van der Waals surface area contributed by atoms with Crippen LogP contribution in [0.15, 0.2) is 109 Å². The summed E-state index contributed by atoms with van der Waals surface area (Å²) < 4.78 is 8.05. The fourth-order valence-corrected chi connectivity index (χ4v) is 4.89. The molecule has 2 aromatic heterocycles. The van der Waals surface area contributed by atoms with Gasteiger partial charge in [0.2, 0.25) is 0 Å². The number of hydrogen-bond donors (Lipinski definition) is 0. The minimum absolute atomic E-state index is 0.603. The molecule has 0 aliphatic rings. The molecule has 166 valence electrons. The van der Waals surface area contributed by atoms with Gasteiger partial charge in [-0.3, -0.25) is 4.98 Å². The Morgan fingerprint density at radius 1 is 0.743 bits per heavy atom. The zero-order valence-electron chi connectivity index (χ0n) is 19.1. The summed E-state index contributed by atoms with van der Waals surface area (Å²) >= 11 is 0. The molecule has 0 radical (unpaired) electrons. The van der Waals surface area contributed by atoms with Gasteiger partial charge in [0.1, 0.15) is 5.75 Å². The highest BCUT2D eigenvalue weighted by Crippen LogP contribution is 2.41. The molecule has 0 aliphatic carbocycles. The predicted octanol–water partition coefficient (Wildman–Crippen LogP) is 7.39. The van der Waals surface area contributed by atoms with Crippen molar-refractivity contribution in [2.75, 3.05) is 7.11 Å². The van der Waals surface area contributed by atoms with Crippen molar-refractivity contribution in [1.29, 1.82) is 5.26 Å². The predicted molar refractivity (Wildman–Crippen MR) is 141 cm³/mol. The quantitative estimate of drug-likeness (QED) is 0.281.